The Bertz CT molecular complexity index is 811. The first kappa shape index (κ1) is 13.4. The van der Waals surface area contributed by atoms with E-state index in [1.807, 2.05) is 25.1 Å². The predicted molar refractivity (Wildman–Crippen MR) is 87.8 cm³/mol. The summed E-state index contributed by atoms with van der Waals surface area (Å²) in [6.07, 6.45) is 6.44. The normalized spacial score (nSPS) is 18.3. The summed E-state index contributed by atoms with van der Waals surface area (Å²) in [7, 11) is 0. The van der Waals surface area contributed by atoms with Gasteiger partial charge in [0.15, 0.2) is 0 Å². The maximum atomic E-state index is 12.3. The second-order valence-electron chi connectivity index (χ2n) is 6.26. The molecule has 3 heteroatoms. The lowest BCUT2D eigenvalue weighted by molar-refractivity contribution is -0.110. The second-order valence-corrected chi connectivity index (χ2v) is 6.26. The topological polar surface area (TPSA) is 42.2 Å². The van der Waals surface area contributed by atoms with Crippen LogP contribution in [0.3, 0.4) is 0 Å². The van der Waals surface area contributed by atoms with Gasteiger partial charge in [-0.25, -0.2) is 0 Å². The predicted octanol–water partition coefficient (Wildman–Crippen LogP) is 4.27. The fourth-order valence-electron chi connectivity index (χ4n) is 3.46. The molecule has 3 nitrogen and oxygen atoms in total. The van der Waals surface area contributed by atoms with Gasteiger partial charge < -0.3 is 9.73 Å². The fraction of sp³-hybridized carbons (Fsp3) is 0.316. The van der Waals surface area contributed by atoms with Crippen molar-refractivity contribution in [1.29, 1.82) is 0 Å². The van der Waals surface area contributed by atoms with Crippen LogP contribution in [0.2, 0.25) is 0 Å². The van der Waals surface area contributed by atoms with Crippen LogP contribution in [0.25, 0.3) is 11.6 Å². The van der Waals surface area contributed by atoms with Crippen LogP contribution in [0.5, 0.6) is 0 Å². The number of benzene rings is 1. The van der Waals surface area contributed by atoms with Crippen LogP contribution < -0.4 is 5.32 Å². The molecule has 0 saturated carbocycles. The lowest BCUT2D eigenvalue weighted by Gasteiger charge is -2.08. The Morgan fingerprint density at radius 3 is 2.82 bits per heavy atom. The molecule has 0 bridgehead atoms. The second kappa shape index (κ2) is 4.87. The smallest absolute Gasteiger partial charge is 0.256 e. The molecule has 0 fully saturated rings. The zero-order valence-corrected chi connectivity index (χ0v) is 13.0. The summed E-state index contributed by atoms with van der Waals surface area (Å²) in [6.45, 7) is 4.14. The Morgan fingerprint density at radius 1 is 1.18 bits per heavy atom. The molecule has 0 radical (unpaired) electrons. The van der Waals surface area contributed by atoms with Crippen LogP contribution in [0.15, 0.2) is 22.6 Å². The minimum Gasteiger partial charge on any atom is -0.461 e. The van der Waals surface area contributed by atoms with E-state index in [4.69, 9.17) is 4.42 Å². The van der Waals surface area contributed by atoms with Crippen LogP contribution >= 0.6 is 0 Å². The van der Waals surface area contributed by atoms with Crippen molar-refractivity contribution < 1.29 is 9.21 Å². The molecule has 1 aromatic carbocycles. The first-order valence-electron chi connectivity index (χ1n) is 7.88. The number of hydrogen-bond acceptors (Lipinski definition) is 2. The number of rotatable bonds is 1. The Balaban J connectivity index is 1.83. The van der Waals surface area contributed by atoms with Crippen molar-refractivity contribution in [2.24, 2.45) is 0 Å². The number of nitrogens with one attached hydrogen (secondary N) is 1. The van der Waals surface area contributed by atoms with Gasteiger partial charge in [-0.2, -0.15) is 0 Å². The number of carbonyl (C=O) groups is 1. The minimum absolute atomic E-state index is 0.0469. The van der Waals surface area contributed by atoms with Crippen LogP contribution in [-0.2, 0) is 17.6 Å². The van der Waals surface area contributed by atoms with Gasteiger partial charge in [-0.15, -0.1) is 0 Å². The van der Waals surface area contributed by atoms with Crippen molar-refractivity contribution in [3.63, 3.8) is 0 Å². The molecule has 0 unspecified atom stereocenters. The summed E-state index contributed by atoms with van der Waals surface area (Å²) in [4.78, 5) is 12.3. The van der Waals surface area contributed by atoms with E-state index in [2.05, 4.69) is 18.3 Å². The largest absolute Gasteiger partial charge is 0.461 e. The summed E-state index contributed by atoms with van der Waals surface area (Å²) in [5, 5.41) is 2.93. The van der Waals surface area contributed by atoms with Crippen molar-refractivity contribution in [1.82, 2.24) is 0 Å². The molecule has 2 heterocycles. The summed E-state index contributed by atoms with van der Waals surface area (Å²) in [6, 6.07) is 6.03. The summed E-state index contributed by atoms with van der Waals surface area (Å²) in [5.41, 5.74) is 6.25. The first-order valence-corrected chi connectivity index (χ1v) is 7.88. The van der Waals surface area contributed by atoms with Gasteiger partial charge in [0.25, 0.3) is 5.91 Å². The van der Waals surface area contributed by atoms with E-state index < -0.39 is 0 Å². The van der Waals surface area contributed by atoms with E-state index in [-0.39, 0.29) is 5.91 Å². The molecule has 0 atom stereocenters. The maximum absolute atomic E-state index is 12.3. The van der Waals surface area contributed by atoms with E-state index in [1.165, 1.54) is 24.0 Å². The van der Waals surface area contributed by atoms with Gasteiger partial charge in [0.2, 0.25) is 0 Å². The minimum atomic E-state index is -0.0469. The van der Waals surface area contributed by atoms with Gasteiger partial charge in [0.1, 0.15) is 11.5 Å². The number of amides is 1. The molecule has 112 valence electrons. The monoisotopic (exact) mass is 293 g/mol. The summed E-state index contributed by atoms with van der Waals surface area (Å²) < 4.78 is 6.04. The van der Waals surface area contributed by atoms with Crippen molar-refractivity contribution >= 4 is 23.2 Å². The quantitative estimate of drug-likeness (QED) is 0.798. The fourth-order valence-corrected chi connectivity index (χ4v) is 3.46. The first-order chi connectivity index (χ1) is 10.6. The molecule has 0 spiro atoms. The van der Waals surface area contributed by atoms with Gasteiger partial charge in [-0.3, -0.25) is 4.79 Å². The number of anilines is 1. The highest BCUT2D eigenvalue weighted by molar-refractivity contribution is 6.34. The Morgan fingerprint density at radius 2 is 2.00 bits per heavy atom. The van der Waals surface area contributed by atoms with E-state index in [0.717, 1.165) is 41.2 Å². The van der Waals surface area contributed by atoms with Crippen molar-refractivity contribution in [2.45, 2.75) is 39.5 Å². The summed E-state index contributed by atoms with van der Waals surface area (Å²) in [5.74, 6) is 1.90. The van der Waals surface area contributed by atoms with Crippen LogP contribution in [-0.4, -0.2) is 5.91 Å². The Labute approximate surface area is 130 Å². The zero-order valence-electron chi connectivity index (χ0n) is 13.0. The van der Waals surface area contributed by atoms with Gasteiger partial charge in [-0.05, 0) is 62.4 Å². The number of hydrogen-bond donors (Lipinski definition) is 1. The van der Waals surface area contributed by atoms with Crippen LogP contribution in [0, 0.1) is 13.8 Å². The molecular weight excluding hydrogens is 274 g/mol. The molecule has 2 aliphatic rings. The Hall–Kier alpha value is -2.29. The average molecular weight is 293 g/mol. The standard InChI is InChI=1S/C19H19NO2/c1-11-7-8-16-14(9-11)15(19(21)20-16)10-18-12(2)13-5-3-4-6-17(13)22-18/h7-10H,3-6H2,1-2H3,(H,20,21). The molecular formula is C19H19NO2. The molecule has 22 heavy (non-hydrogen) atoms. The van der Waals surface area contributed by atoms with Crippen molar-refractivity contribution in [2.75, 3.05) is 5.32 Å². The number of fused-ring (bicyclic) bond motifs is 2. The molecule has 1 aliphatic carbocycles. The third kappa shape index (κ3) is 2.00. The van der Waals surface area contributed by atoms with Crippen LogP contribution in [0.4, 0.5) is 5.69 Å². The SMILES string of the molecule is Cc1ccc2c(c1)C(=Cc1oc3c(c1C)CCCC3)C(=O)N2. The van der Waals surface area contributed by atoms with E-state index in [1.54, 1.807) is 0 Å². The van der Waals surface area contributed by atoms with E-state index >= 15 is 0 Å². The lowest BCUT2D eigenvalue weighted by atomic mass is 9.95. The molecule has 0 saturated heterocycles. The molecule has 2 aromatic rings. The summed E-state index contributed by atoms with van der Waals surface area (Å²) >= 11 is 0. The number of furan rings is 1. The van der Waals surface area contributed by atoms with E-state index in [9.17, 15) is 4.79 Å². The Kier molecular flexibility index (Phi) is 2.96. The maximum Gasteiger partial charge on any atom is 0.256 e. The van der Waals surface area contributed by atoms with Crippen molar-refractivity contribution in [3.8, 4) is 0 Å². The average Bonchev–Trinajstić information content (AvgIpc) is 2.99. The van der Waals surface area contributed by atoms with Crippen LogP contribution in [0.1, 0.15) is 46.6 Å². The molecule has 1 N–H and O–H groups in total. The molecule has 4 rings (SSSR count). The van der Waals surface area contributed by atoms with Gasteiger partial charge in [0, 0.05) is 17.7 Å². The number of carbonyl (C=O) groups excluding carboxylic acids is 1. The highest BCUT2D eigenvalue weighted by Gasteiger charge is 2.26. The molecule has 1 aliphatic heterocycles. The highest BCUT2D eigenvalue weighted by Crippen LogP contribution is 2.36. The third-order valence-electron chi connectivity index (χ3n) is 4.71. The zero-order chi connectivity index (χ0) is 15.3. The number of aryl methyl sites for hydroxylation is 2. The van der Waals surface area contributed by atoms with Crippen molar-refractivity contribution in [3.05, 3.63) is 52.0 Å². The van der Waals surface area contributed by atoms with Gasteiger partial charge in [-0.1, -0.05) is 11.6 Å². The van der Waals surface area contributed by atoms with Gasteiger partial charge >= 0.3 is 0 Å². The molecule has 1 aromatic heterocycles. The van der Waals surface area contributed by atoms with Gasteiger partial charge in [0.05, 0.1) is 5.57 Å². The van der Waals surface area contributed by atoms with E-state index in [0.29, 0.717) is 5.57 Å². The lowest BCUT2D eigenvalue weighted by Crippen LogP contribution is -2.03. The highest BCUT2D eigenvalue weighted by atomic mass is 16.3. The molecule has 1 amide bonds. The third-order valence-corrected chi connectivity index (χ3v) is 4.71.